The molecule has 0 aliphatic rings. The van der Waals surface area contributed by atoms with E-state index in [0.29, 0.717) is 22.1 Å². The largest absolute Gasteiger partial charge is 0.289 e. The smallest absolute Gasteiger partial charge is 0.193 e. The van der Waals surface area contributed by atoms with Gasteiger partial charge in [-0.1, -0.05) is 78.3 Å². The number of para-hydroxylation sites is 1. The highest BCUT2D eigenvalue weighted by Crippen LogP contribution is 2.25. The van der Waals surface area contributed by atoms with Crippen LogP contribution in [0.15, 0.2) is 78.9 Å². The highest BCUT2D eigenvalue weighted by Gasteiger charge is 2.11. The molecule has 3 aromatic carbocycles. The lowest BCUT2D eigenvalue weighted by Gasteiger charge is -2.06. The molecule has 0 aliphatic carbocycles. The van der Waals surface area contributed by atoms with Gasteiger partial charge in [-0.05, 0) is 12.1 Å². The summed E-state index contributed by atoms with van der Waals surface area (Å²) in [7, 11) is 0. The van der Waals surface area contributed by atoms with Gasteiger partial charge in [-0.15, -0.1) is 0 Å². The highest BCUT2D eigenvalue weighted by atomic mass is 35.5. The van der Waals surface area contributed by atoms with Crippen molar-refractivity contribution in [3.63, 3.8) is 0 Å². The first kappa shape index (κ1) is 15.5. The summed E-state index contributed by atoms with van der Waals surface area (Å²) in [4.78, 5) is 21.4. The number of rotatable bonds is 3. The number of hydrogen-bond acceptors (Lipinski definition) is 3. The van der Waals surface area contributed by atoms with Crippen LogP contribution in [0.5, 0.6) is 0 Å². The number of ketones is 1. The summed E-state index contributed by atoms with van der Waals surface area (Å²) in [5.41, 5.74) is 2.90. The number of aromatic nitrogens is 2. The van der Waals surface area contributed by atoms with Gasteiger partial charge in [-0.25, -0.2) is 9.97 Å². The third-order valence-electron chi connectivity index (χ3n) is 4.00. The van der Waals surface area contributed by atoms with E-state index in [9.17, 15) is 4.79 Å². The molecule has 0 amide bonds. The molecule has 120 valence electrons. The maximum atomic E-state index is 12.5. The molecular weight excluding hydrogens is 332 g/mol. The van der Waals surface area contributed by atoms with Gasteiger partial charge in [-0.3, -0.25) is 4.79 Å². The molecule has 25 heavy (non-hydrogen) atoms. The highest BCUT2D eigenvalue weighted by molar-refractivity contribution is 6.34. The molecule has 0 atom stereocenters. The standard InChI is InChI=1S/C21H13ClN2O/c22-20-17-8-4-5-9-18(17)23-21(24-20)16-12-10-15(11-13-16)19(25)14-6-2-1-3-7-14/h1-13H. The third kappa shape index (κ3) is 3.02. The second-order valence-corrected chi connectivity index (χ2v) is 5.99. The minimum absolute atomic E-state index is 0.00962. The van der Waals surface area contributed by atoms with Crippen molar-refractivity contribution < 1.29 is 4.79 Å². The summed E-state index contributed by atoms with van der Waals surface area (Å²) in [5, 5.41) is 1.24. The van der Waals surface area contributed by atoms with Gasteiger partial charge in [0.1, 0.15) is 5.15 Å². The fourth-order valence-corrected chi connectivity index (χ4v) is 2.93. The van der Waals surface area contributed by atoms with E-state index in [1.807, 2.05) is 66.7 Å². The normalized spacial score (nSPS) is 10.8. The molecule has 1 heterocycles. The minimum atomic E-state index is -0.00962. The van der Waals surface area contributed by atoms with Crippen molar-refractivity contribution in [3.8, 4) is 11.4 Å². The number of benzene rings is 3. The number of halogens is 1. The van der Waals surface area contributed by atoms with Crippen LogP contribution in [0, 0.1) is 0 Å². The van der Waals surface area contributed by atoms with Gasteiger partial charge in [0.15, 0.2) is 11.6 Å². The lowest BCUT2D eigenvalue weighted by atomic mass is 10.0. The molecular formula is C21H13ClN2O. The maximum absolute atomic E-state index is 12.5. The molecule has 4 heteroatoms. The van der Waals surface area contributed by atoms with E-state index in [1.165, 1.54) is 0 Å². The van der Waals surface area contributed by atoms with Crippen LogP contribution in [0.25, 0.3) is 22.3 Å². The maximum Gasteiger partial charge on any atom is 0.193 e. The Kier molecular flexibility index (Phi) is 4.00. The monoisotopic (exact) mass is 344 g/mol. The van der Waals surface area contributed by atoms with E-state index in [0.717, 1.165) is 16.5 Å². The average molecular weight is 345 g/mol. The van der Waals surface area contributed by atoms with Gasteiger partial charge in [0.05, 0.1) is 5.52 Å². The number of nitrogens with zero attached hydrogens (tertiary/aromatic N) is 2. The van der Waals surface area contributed by atoms with Crippen molar-refractivity contribution in [2.45, 2.75) is 0 Å². The zero-order valence-electron chi connectivity index (χ0n) is 13.2. The zero-order valence-corrected chi connectivity index (χ0v) is 13.9. The minimum Gasteiger partial charge on any atom is -0.289 e. The van der Waals surface area contributed by atoms with Gasteiger partial charge in [0, 0.05) is 22.1 Å². The quantitative estimate of drug-likeness (QED) is 0.380. The predicted molar refractivity (Wildman–Crippen MR) is 99.9 cm³/mol. The number of carbonyl (C=O) groups excluding carboxylic acids is 1. The van der Waals surface area contributed by atoms with E-state index in [4.69, 9.17) is 11.6 Å². The SMILES string of the molecule is O=C(c1ccccc1)c1ccc(-c2nc(Cl)c3ccccc3n2)cc1. The van der Waals surface area contributed by atoms with Crippen molar-refractivity contribution in [1.29, 1.82) is 0 Å². The summed E-state index contributed by atoms with van der Waals surface area (Å²) in [6.07, 6.45) is 0. The van der Waals surface area contributed by atoms with Crippen LogP contribution in [0.3, 0.4) is 0 Å². The van der Waals surface area contributed by atoms with Gasteiger partial charge in [0.25, 0.3) is 0 Å². The third-order valence-corrected chi connectivity index (χ3v) is 4.29. The molecule has 4 aromatic rings. The summed E-state index contributed by atoms with van der Waals surface area (Å²) < 4.78 is 0. The number of fused-ring (bicyclic) bond motifs is 1. The first-order valence-electron chi connectivity index (χ1n) is 7.85. The summed E-state index contributed by atoms with van der Waals surface area (Å²) in [6, 6.07) is 24.1. The Hall–Kier alpha value is -3.04. The second kappa shape index (κ2) is 6.46. The predicted octanol–water partition coefficient (Wildman–Crippen LogP) is 5.18. The fourth-order valence-electron chi connectivity index (χ4n) is 2.69. The molecule has 0 N–H and O–H groups in total. The molecule has 0 unspecified atom stereocenters. The first-order chi connectivity index (χ1) is 12.2. The number of carbonyl (C=O) groups is 1. The molecule has 0 saturated heterocycles. The van der Waals surface area contributed by atoms with Gasteiger partial charge < -0.3 is 0 Å². The van der Waals surface area contributed by atoms with E-state index < -0.39 is 0 Å². The Morgan fingerprint density at radius 2 is 1.36 bits per heavy atom. The molecule has 1 aromatic heterocycles. The molecule has 3 nitrogen and oxygen atoms in total. The summed E-state index contributed by atoms with van der Waals surface area (Å²) in [6.45, 7) is 0. The van der Waals surface area contributed by atoms with Crippen LogP contribution in [-0.2, 0) is 0 Å². The fraction of sp³-hybridized carbons (Fsp3) is 0. The van der Waals surface area contributed by atoms with Crippen molar-refractivity contribution in [1.82, 2.24) is 9.97 Å². The van der Waals surface area contributed by atoms with Crippen LogP contribution in [0.4, 0.5) is 0 Å². The summed E-state index contributed by atoms with van der Waals surface area (Å²) in [5.74, 6) is 0.534. The van der Waals surface area contributed by atoms with Crippen molar-refractivity contribution in [2.75, 3.05) is 0 Å². The zero-order chi connectivity index (χ0) is 17.2. The van der Waals surface area contributed by atoms with E-state index in [2.05, 4.69) is 9.97 Å². The van der Waals surface area contributed by atoms with Crippen molar-refractivity contribution in [3.05, 3.63) is 95.1 Å². The molecule has 0 radical (unpaired) electrons. The Bertz CT molecular complexity index is 1060. The average Bonchev–Trinajstić information content (AvgIpc) is 2.68. The Labute approximate surface area is 149 Å². The van der Waals surface area contributed by atoms with E-state index >= 15 is 0 Å². The lowest BCUT2D eigenvalue weighted by molar-refractivity contribution is 0.103. The van der Waals surface area contributed by atoms with Gasteiger partial charge >= 0.3 is 0 Å². The number of hydrogen-bond donors (Lipinski definition) is 0. The van der Waals surface area contributed by atoms with Crippen molar-refractivity contribution in [2.24, 2.45) is 0 Å². The van der Waals surface area contributed by atoms with Crippen LogP contribution in [0.2, 0.25) is 5.15 Å². The molecule has 4 rings (SSSR count). The second-order valence-electron chi connectivity index (χ2n) is 5.63. The lowest BCUT2D eigenvalue weighted by Crippen LogP contribution is -2.00. The Morgan fingerprint density at radius 3 is 2.12 bits per heavy atom. The molecule has 0 bridgehead atoms. The first-order valence-corrected chi connectivity index (χ1v) is 8.22. The van der Waals surface area contributed by atoms with Crippen LogP contribution >= 0.6 is 11.6 Å². The molecule has 0 spiro atoms. The van der Waals surface area contributed by atoms with Crippen LogP contribution < -0.4 is 0 Å². The van der Waals surface area contributed by atoms with Gasteiger partial charge in [0.2, 0.25) is 0 Å². The molecule has 0 aliphatic heterocycles. The van der Waals surface area contributed by atoms with E-state index in [-0.39, 0.29) is 5.78 Å². The summed E-state index contributed by atoms with van der Waals surface area (Å²) >= 11 is 6.27. The molecule has 0 saturated carbocycles. The van der Waals surface area contributed by atoms with Crippen LogP contribution in [-0.4, -0.2) is 15.8 Å². The Balaban J connectivity index is 1.70. The molecule has 0 fully saturated rings. The van der Waals surface area contributed by atoms with Crippen molar-refractivity contribution >= 4 is 28.3 Å². The van der Waals surface area contributed by atoms with Gasteiger partial charge in [-0.2, -0.15) is 0 Å². The topological polar surface area (TPSA) is 42.9 Å². The van der Waals surface area contributed by atoms with Crippen LogP contribution in [0.1, 0.15) is 15.9 Å². The Morgan fingerprint density at radius 1 is 0.720 bits per heavy atom. The van der Waals surface area contributed by atoms with E-state index in [1.54, 1.807) is 12.1 Å².